The van der Waals surface area contributed by atoms with E-state index < -0.39 is 0 Å². The second-order valence-electron chi connectivity index (χ2n) is 6.31. The first-order valence-electron chi connectivity index (χ1n) is 8.89. The molecule has 1 aliphatic heterocycles. The SMILES string of the molecule is CCN=c1scc(-c2ccc(C)cc2)n1N=C(C)c1ccc2c(c1)OCO2. The highest BCUT2D eigenvalue weighted by Gasteiger charge is 2.15. The van der Waals surface area contributed by atoms with Crippen molar-refractivity contribution in [1.82, 2.24) is 4.68 Å². The Hall–Kier alpha value is -2.86. The maximum Gasteiger partial charge on any atom is 0.231 e. The Balaban J connectivity index is 1.80. The number of ether oxygens (including phenoxy) is 2. The summed E-state index contributed by atoms with van der Waals surface area (Å²) in [6.45, 7) is 7.10. The van der Waals surface area contributed by atoms with Crippen molar-refractivity contribution in [2.45, 2.75) is 20.8 Å². The molecule has 0 radical (unpaired) electrons. The number of benzene rings is 2. The van der Waals surface area contributed by atoms with E-state index in [-0.39, 0.29) is 6.79 Å². The van der Waals surface area contributed by atoms with E-state index >= 15 is 0 Å². The summed E-state index contributed by atoms with van der Waals surface area (Å²) in [4.78, 5) is 5.49. The fourth-order valence-electron chi connectivity index (χ4n) is 2.89. The lowest BCUT2D eigenvalue weighted by atomic mass is 10.1. The molecule has 0 unspecified atom stereocenters. The lowest BCUT2D eigenvalue weighted by Gasteiger charge is -2.07. The number of fused-ring (bicyclic) bond motifs is 1. The van der Waals surface area contributed by atoms with Crippen LogP contribution in [0.4, 0.5) is 0 Å². The third-order valence-electron chi connectivity index (χ3n) is 4.37. The molecule has 4 rings (SSSR count). The Morgan fingerprint density at radius 3 is 2.67 bits per heavy atom. The largest absolute Gasteiger partial charge is 0.454 e. The van der Waals surface area contributed by atoms with Gasteiger partial charge in [-0.25, -0.2) is 4.68 Å². The standard InChI is InChI=1S/C21H21N3O2S/c1-4-22-21-24(18(12-27-21)16-7-5-14(2)6-8-16)23-15(3)17-9-10-19-20(11-17)26-13-25-19/h5-12H,4,13H2,1-3H3. The van der Waals surface area contributed by atoms with E-state index in [1.165, 1.54) is 5.56 Å². The molecular weight excluding hydrogens is 358 g/mol. The third kappa shape index (κ3) is 3.53. The van der Waals surface area contributed by atoms with Crippen molar-refractivity contribution in [3.63, 3.8) is 0 Å². The van der Waals surface area contributed by atoms with E-state index in [1.807, 2.05) is 36.7 Å². The summed E-state index contributed by atoms with van der Waals surface area (Å²) in [5.41, 5.74) is 5.27. The number of nitrogens with zero attached hydrogens (tertiary/aromatic N) is 3. The Bertz CT molecular complexity index is 1060. The fraction of sp³-hybridized carbons (Fsp3) is 0.238. The van der Waals surface area contributed by atoms with Gasteiger partial charge in [0.1, 0.15) is 0 Å². The Morgan fingerprint density at radius 1 is 1.11 bits per heavy atom. The number of hydrogen-bond donors (Lipinski definition) is 0. The zero-order valence-electron chi connectivity index (χ0n) is 15.6. The van der Waals surface area contributed by atoms with Gasteiger partial charge in [0.25, 0.3) is 0 Å². The molecule has 1 aromatic heterocycles. The first-order chi connectivity index (χ1) is 13.2. The number of aryl methyl sites for hydroxylation is 1. The van der Waals surface area contributed by atoms with Crippen molar-refractivity contribution >= 4 is 17.0 Å². The Labute approximate surface area is 162 Å². The first-order valence-corrected chi connectivity index (χ1v) is 9.77. The van der Waals surface area contributed by atoms with Gasteiger partial charge in [-0.1, -0.05) is 29.8 Å². The summed E-state index contributed by atoms with van der Waals surface area (Å²) in [5, 5.41) is 6.99. The predicted molar refractivity (Wildman–Crippen MR) is 109 cm³/mol. The van der Waals surface area contributed by atoms with E-state index in [2.05, 4.69) is 41.6 Å². The topological polar surface area (TPSA) is 48.1 Å². The molecule has 3 aromatic rings. The molecular formula is C21H21N3O2S. The number of hydrogen-bond acceptors (Lipinski definition) is 5. The normalized spacial score (nSPS) is 14.0. The van der Waals surface area contributed by atoms with Crippen LogP contribution >= 0.6 is 11.3 Å². The summed E-state index contributed by atoms with van der Waals surface area (Å²) >= 11 is 1.60. The van der Waals surface area contributed by atoms with Crippen LogP contribution in [0.5, 0.6) is 11.5 Å². The molecule has 2 heterocycles. The van der Waals surface area contributed by atoms with E-state index in [0.717, 1.165) is 38.8 Å². The van der Waals surface area contributed by atoms with Crippen LogP contribution in [0.1, 0.15) is 25.0 Å². The van der Waals surface area contributed by atoms with Gasteiger partial charge in [0, 0.05) is 23.1 Å². The molecule has 27 heavy (non-hydrogen) atoms. The minimum absolute atomic E-state index is 0.269. The molecule has 0 atom stereocenters. The van der Waals surface area contributed by atoms with Crippen molar-refractivity contribution in [2.75, 3.05) is 13.3 Å². The fourth-order valence-corrected chi connectivity index (χ4v) is 3.79. The Morgan fingerprint density at radius 2 is 1.89 bits per heavy atom. The van der Waals surface area contributed by atoms with Crippen LogP contribution in [0.3, 0.4) is 0 Å². The van der Waals surface area contributed by atoms with Crippen LogP contribution in [0.25, 0.3) is 11.3 Å². The highest BCUT2D eigenvalue weighted by molar-refractivity contribution is 7.07. The smallest absolute Gasteiger partial charge is 0.231 e. The maximum atomic E-state index is 5.49. The molecule has 0 fully saturated rings. The van der Waals surface area contributed by atoms with E-state index in [4.69, 9.17) is 14.6 Å². The molecule has 0 saturated carbocycles. The van der Waals surface area contributed by atoms with Gasteiger partial charge < -0.3 is 9.47 Å². The van der Waals surface area contributed by atoms with E-state index in [9.17, 15) is 0 Å². The second-order valence-corrected chi connectivity index (χ2v) is 7.15. The molecule has 0 bridgehead atoms. The van der Waals surface area contributed by atoms with Gasteiger partial charge in [0.2, 0.25) is 11.6 Å². The highest BCUT2D eigenvalue weighted by atomic mass is 32.1. The van der Waals surface area contributed by atoms with E-state index in [1.54, 1.807) is 11.3 Å². The molecule has 1 aliphatic rings. The lowest BCUT2D eigenvalue weighted by Crippen LogP contribution is -2.14. The van der Waals surface area contributed by atoms with Crippen LogP contribution in [0.2, 0.25) is 0 Å². The van der Waals surface area contributed by atoms with Crippen molar-refractivity contribution in [1.29, 1.82) is 0 Å². The van der Waals surface area contributed by atoms with Crippen LogP contribution in [-0.2, 0) is 0 Å². The summed E-state index contributed by atoms with van der Waals surface area (Å²) in [6.07, 6.45) is 0. The van der Waals surface area contributed by atoms with Gasteiger partial charge in [0.05, 0.1) is 11.4 Å². The van der Waals surface area contributed by atoms with Crippen molar-refractivity contribution < 1.29 is 9.47 Å². The van der Waals surface area contributed by atoms with Gasteiger partial charge in [-0.05, 0) is 39.0 Å². The molecule has 0 N–H and O–H groups in total. The minimum atomic E-state index is 0.269. The third-order valence-corrected chi connectivity index (χ3v) is 5.22. The van der Waals surface area contributed by atoms with Gasteiger partial charge in [-0.15, -0.1) is 11.3 Å². The summed E-state index contributed by atoms with van der Waals surface area (Å²) < 4.78 is 12.8. The zero-order valence-corrected chi connectivity index (χ0v) is 16.4. The molecule has 0 amide bonds. The molecule has 6 heteroatoms. The monoisotopic (exact) mass is 379 g/mol. The summed E-state index contributed by atoms with van der Waals surface area (Å²) in [5.74, 6) is 1.53. The minimum Gasteiger partial charge on any atom is -0.454 e. The quantitative estimate of drug-likeness (QED) is 0.629. The van der Waals surface area contributed by atoms with Crippen LogP contribution in [0.15, 0.2) is 57.9 Å². The number of thiazole rings is 1. The summed E-state index contributed by atoms with van der Waals surface area (Å²) in [6, 6.07) is 14.4. The van der Waals surface area contributed by atoms with Gasteiger partial charge in [-0.3, -0.25) is 4.99 Å². The molecule has 0 saturated heterocycles. The maximum absolute atomic E-state index is 5.49. The second kappa shape index (κ2) is 7.40. The van der Waals surface area contributed by atoms with Gasteiger partial charge in [-0.2, -0.15) is 5.10 Å². The van der Waals surface area contributed by atoms with Crippen molar-refractivity contribution in [2.24, 2.45) is 10.1 Å². The van der Waals surface area contributed by atoms with Crippen LogP contribution in [0, 0.1) is 6.92 Å². The summed E-state index contributed by atoms with van der Waals surface area (Å²) in [7, 11) is 0. The van der Waals surface area contributed by atoms with Crippen LogP contribution < -0.4 is 14.3 Å². The number of aromatic nitrogens is 1. The van der Waals surface area contributed by atoms with Gasteiger partial charge in [0.15, 0.2) is 11.5 Å². The predicted octanol–water partition coefficient (Wildman–Crippen LogP) is 4.45. The number of rotatable bonds is 4. The molecule has 2 aromatic carbocycles. The molecule has 138 valence electrons. The molecule has 0 aliphatic carbocycles. The Kier molecular flexibility index (Phi) is 4.81. The van der Waals surface area contributed by atoms with E-state index in [0.29, 0.717) is 6.54 Å². The average molecular weight is 379 g/mol. The first kappa shape index (κ1) is 17.5. The van der Waals surface area contributed by atoms with Crippen molar-refractivity contribution in [3.8, 4) is 22.8 Å². The molecule has 5 nitrogen and oxygen atoms in total. The van der Waals surface area contributed by atoms with Gasteiger partial charge >= 0.3 is 0 Å². The lowest BCUT2D eigenvalue weighted by molar-refractivity contribution is 0.174. The molecule has 0 spiro atoms. The average Bonchev–Trinajstić information content (AvgIpc) is 3.29. The van der Waals surface area contributed by atoms with Crippen molar-refractivity contribution in [3.05, 3.63) is 63.8 Å². The van der Waals surface area contributed by atoms with Crippen LogP contribution in [-0.4, -0.2) is 23.7 Å². The zero-order chi connectivity index (χ0) is 18.8. The highest BCUT2D eigenvalue weighted by Crippen LogP contribution is 2.32.